The Morgan fingerprint density at radius 3 is 2.62 bits per heavy atom. The Bertz CT molecular complexity index is 275. The molecular weight excluding hydrogens is 188 g/mol. The van der Waals surface area contributed by atoms with Crippen LogP contribution in [-0.2, 0) is 6.54 Å². The number of hydrogen-bond donors (Lipinski definition) is 3. The van der Waals surface area contributed by atoms with Crippen LogP contribution in [-0.4, -0.2) is 10.5 Å². The minimum absolute atomic E-state index is 0.224. The van der Waals surface area contributed by atoms with Gasteiger partial charge in [0, 0.05) is 18.3 Å². The van der Waals surface area contributed by atoms with Crippen molar-refractivity contribution in [2.24, 2.45) is 5.73 Å². The van der Waals surface area contributed by atoms with Gasteiger partial charge in [0.2, 0.25) is 5.96 Å². The summed E-state index contributed by atoms with van der Waals surface area (Å²) < 4.78 is 0.951. The highest BCUT2D eigenvalue weighted by Gasteiger charge is 2.00. The highest BCUT2D eigenvalue weighted by molar-refractivity contribution is 6.20. The number of hydrazine groups is 1. The van der Waals surface area contributed by atoms with E-state index in [1.54, 1.807) is 0 Å². The Hall–Kier alpha value is -1.26. The summed E-state index contributed by atoms with van der Waals surface area (Å²) in [5, 5.41) is 6.98. The summed E-state index contributed by atoms with van der Waals surface area (Å²) >= 11 is 5.54. The second-order valence-electron chi connectivity index (χ2n) is 2.49. The van der Waals surface area contributed by atoms with Crippen molar-refractivity contribution in [1.29, 1.82) is 5.41 Å². The average Bonchev–Trinajstić information content (AvgIpc) is 2.15. The van der Waals surface area contributed by atoms with Gasteiger partial charge in [-0.05, 0) is 5.56 Å². The molecule has 0 amide bonds. The number of halogens is 1. The van der Waals surface area contributed by atoms with Crippen molar-refractivity contribution in [1.82, 2.24) is 9.95 Å². The van der Waals surface area contributed by atoms with E-state index < -0.39 is 0 Å². The summed E-state index contributed by atoms with van der Waals surface area (Å²) in [6, 6.07) is 9.72. The van der Waals surface area contributed by atoms with E-state index in [0.717, 1.165) is 10.1 Å². The molecule has 0 aliphatic carbocycles. The third-order valence-electron chi connectivity index (χ3n) is 1.48. The maximum atomic E-state index is 6.98. The molecule has 0 atom stereocenters. The normalized spacial score (nSPS) is 9.62. The van der Waals surface area contributed by atoms with Gasteiger partial charge >= 0.3 is 0 Å². The SMILES string of the molecule is N=C(N)N(Cl)NCc1ccccc1. The van der Waals surface area contributed by atoms with Crippen LogP contribution < -0.4 is 11.2 Å². The number of hydrogen-bond acceptors (Lipinski definition) is 2. The molecule has 0 bridgehead atoms. The molecule has 13 heavy (non-hydrogen) atoms. The van der Waals surface area contributed by atoms with Crippen LogP contribution in [0.2, 0.25) is 0 Å². The van der Waals surface area contributed by atoms with Crippen molar-refractivity contribution in [3.63, 3.8) is 0 Å². The second kappa shape index (κ2) is 4.69. The van der Waals surface area contributed by atoms with E-state index in [-0.39, 0.29) is 5.96 Å². The van der Waals surface area contributed by atoms with Gasteiger partial charge in [0.25, 0.3) is 0 Å². The van der Waals surface area contributed by atoms with Crippen molar-refractivity contribution in [3.8, 4) is 0 Å². The van der Waals surface area contributed by atoms with Crippen LogP contribution in [0.25, 0.3) is 0 Å². The second-order valence-corrected chi connectivity index (χ2v) is 2.82. The van der Waals surface area contributed by atoms with Gasteiger partial charge in [-0.3, -0.25) is 5.41 Å². The molecule has 4 N–H and O–H groups in total. The standard InChI is InChI=1S/C8H11ClN4/c9-13(8(10)11)12-6-7-4-2-1-3-5-7/h1-5,12H,6H2,(H3,10,11). The molecule has 1 aromatic rings. The Morgan fingerprint density at radius 1 is 1.46 bits per heavy atom. The first-order valence-corrected chi connectivity index (χ1v) is 4.11. The fourth-order valence-electron chi connectivity index (χ4n) is 0.842. The predicted molar refractivity (Wildman–Crippen MR) is 52.9 cm³/mol. The number of nitrogens with zero attached hydrogens (tertiary/aromatic N) is 1. The van der Waals surface area contributed by atoms with Crippen molar-refractivity contribution in [2.45, 2.75) is 6.54 Å². The molecule has 4 nitrogen and oxygen atoms in total. The summed E-state index contributed by atoms with van der Waals surface area (Å²) in [6.45, 7) is 0.546. The Balaban J connectivity index is 2.39. The maximum Gasteiger partial charge on any atom is 0.218 e. The fourth-order valence-corrected chi connectivity index (χ4v) is 0.901. The van der Waals surface area contributed by atoms with Crippen LogP contribution in [0.1, 0.15) is 5.56 Å². The number of benzene rings is 1. The zero-order valence-corrected chi connectivity index (χ0v) is 7.75. The van der Waals surface area contributed by atoms with E-state index in [2.05, 4.69) is 5.43 Å². The van der Waals surface area contributed by atoms with Crippen LogP contribution in [0, 0.1) is 5.41 Å². The zero-order chi connectivity index (χ0) is 9.68. The monoisotopic (exact) mass is 198 g/mol. The zero-order valence-electron chi connectivity index (χ0n) is 7.00. The summed E-state index contributed by atoms with van der Waals surface area (Å²) in [6.07, 6.45) is 0. The first-order valence-electron chi connectivity index (χ1n) is 3.77. The summed E-state index contributed by atoms with van der Waals surface area (Å²) in [5.41, 5.74) is 8.94. The maximum absolute atomic E-state index is 6.98. The Kier molecular flexibility index (Phi) is 3.54. The van der Waals surface area contributed by atoms with Crippen LogP contribution in [0.4, 0.5) is 0 Å². The molecule has 70 valence electrons. The molecule has 0 heterocycles. The van der Waals surface area contributed by atoms with Crippen LogP contribution in [0.15, 0.2) is 30.3 Å². The molecule has 5 heteroatoms. The number of nitrogens with one attached hydrogen (secondary N) is 2. The average molecular weight is 199 g/mol. The molecule has 0 unspecified atom stereocenters. The van der Waals surface area contributed by atoms with Crippen molar-refractivity contribution in [3.05, 3.63) is 35.9 Å². The Morgan fingerprint density at radius 2 is 2.08 bits per heavy atom. The smallest absolute Gasteiger partial charge is 0.218 e. The lowest BCUT2D eigenvalue weighted by molar-refractivity contribution is 0.464. The highest BCUT2D eigenvalue weighted by atomic mass is 35.5. The molecular formula is C8H11ClN4. The van der Waals surface area contributed by atoms with E-state index in [0.29, 0.717) is 6.54 Å². The predicted octanol–water partition coefficient (Wildman–Crippen LogP) is 1.04. The number of nitrogens with two attached hydrogens (primary N) is 1. The van der Waals surface area contributed by atoms with E-state index in [1.807, 2.05) is 30.3 Å². The van der Waals surface area contributed by atoms with Crippen LogP contribution >= 0.6 is 11.8 Å². The van der Waals surface area contributed by atoms with Crippen molar-refractivity contribution in [2.75, 3.05) is 0 Å². The fraction of sp³-hybridized carbons (Fsp3) is 0.125. The summed E-state index contributed by atoms with van der Waals surface area (Å²) in [7, 11) is 0. The van der Waals surface area contributed by atoms with Gasteiger partial charge in [0.15, 0.2) is 0 Å². The molecule has 1 aromatic carbocycles. The number of guanidine groups is 1. The van der Waals surface area contributed by atoms with E-state index in [1.165, 1.54) is 0 Å². The van der Waals surface area contributed by atoms with Gasteiger partial charge in [-0.1, -0.05) is 30.3 Å². The molecule has 0 saturated heterocycles. The minimum Gasteiger partial charge on any atom is -0.368 e. The summed E-state index contributed by atoms with van der Waals surface area (Å²) in [4.78, 5) is 0. The highest BCUT2D eigenvalue weighted by Crippen LogP contribution is 1.98. The topological polar surface area (TPSA) is 65.1 Å². The van der Waals surface area contributed by atoms with Crippen molar-refractivity contribution < 1.29 is 0 Å². The molecule has 0 aliphatic rings. The van der Waals surface area contributed by atoms with Gasteiger partial charge in [-0.15, -0.1) is 0 Å². The lowest BCUT2D eigenvalue weighted by Crippen LogP contribution is -2.38. The first kappa shape index (κ1) is 9.83. The Labute approximate surface area is 81.9 Å². The van der Waals surface area contributed by atoms with Crippen molar-refractivity contribution >= 4 is 17.7 Å². The minimum atomic E-state index is -0.224. The number of rotatable bonds is 3. The molecule has 0 saturated carbocycles. The lowest BCUT2D eigenvalue weighted by Gasteiger charge is -2.13. The molecule has 0 aliphatic heterocycles. The lowest BCUT2D eigenvalue weighted by atomic mass is 10.2. The van der Waals surface area contributed by atoms with Crippen LogP contribution in [0.3, 0.4) is 0 Å². The van der Waals surface area contributed by atoms with Gasteiger partial charge in [0.1, 0.15) is 0 Å². The third-order valence-corrected chi connectivity index (χ3v) is 1.78. The summed E-state index contributed by atoms with van der Waals surface area (Å²) in [5.74, 6) is -0.224. The van der Waals surface area contributed by atoms with Gasteiger partial charge < -0.3 is 5.73 Å². The quantitative estimate of drug-likeness (QED) is 0.294. The van der Waals surface area contributed by atoms with Gasteiger partial charge in [-0.2, -0.15) is 4.53 Å². The van der Waals surface area contributed by atoms with Gasteiger partial charge in [-0.25, -0.2) is 5.43 Å². The molecule has 0 aromatic heterocycles. The molecule has 1 rings (SSSR count). The largest absolute Gasteiger partial charge is 0.368 e. The van der Waals surface area contributed by atoms with Crippen LogP contribution in [0.5, 0.6) is 0 Å². The molecule has 0 fully saturated rings. The van der Waals surface area contributed by atoms with E-state index in [4.69, 9.17) is 22.9 Å². The third kappa shape index (κ3) is 3.31. The molecule has 0 spiro atoms. The molecule has 0 radical (unpaired) electrons. The van der Waals surface area contributed by atoms with E-state index in [9.17, 15) is 0 Å². The van der Waals surface area contributed by atoms with Gasteiger partial charge in [0.05, 0.1) is 0 Å². The first-order chi connectivity index (χ1) is 6.20. The van der Waals surface area contributed by atoms with E-state index >= 15 is 0 Å².